The average Bonchev–Trinajstić information content (AvgIpc) is 2.66. The van der Waals surface area contributed by atoms with Crippen molar-refractivity contribution < 1.29 is 23.5 Å². The number of carboxylic acids is 1. The summed E-state index contributed by atoms with van der Waals surface area (Å²) >= 11 is 0. The van der Waals surface area contributed by atoms with Crippen LogP contribution in [0, 0.1) is 6.92 Å². The van der Waals surface area contributed by atoms with Crippen molar-refractivity contribution in [2.24, 2.45) is 0 Å². The van der Waals surface area contributed by atoms with Gasteiger partial charge in [0.1, 0.15) is 16.9 Å². The number of ether oxygens (including phenoxy) is 1. The molecule has 0 aliphatic carbocycles. The lowest BCUT2D eigenvalue weighted by Gasteiger charge is -2.11. The number of rotatable bonds is 4. The zero-order chi connectivity index (χ0) is 19.8. The van der Waals surface area contributed by atoms with Gasteiger partial charge in [-0.1, -0.05) is 18.2 Å². The summed E-state index contributed by atoms with van der Waals surface area (Å²) in [4.78, 5) is 35.4. The van der Waals surface area contributed by atoms with Crippen molar-refractivity contribution in [3.05, 3.63) is 74.9 Å². The van der Waals surface area contributed by atoms with Crippen LogP contribution in [0.5, 0.6) is 5.75 Å². The van der Waals surface area contributed by atoms with E-state index in [1.165, 1.54) is 6.07 Å². The zero-order valence-corrected chi connectivity index (χ0v) is 14.7. The van der Waals surface area contributed by atoms with Gasteiger partial charge in [-0.25, -0.2) is 14.4 Å². The maximum Gasteiger partial charge on any atom is 0.344 e. The van der Waals surface area contributed by atoms with Crippen LogP contribution in [0.25, 0.3) is 33.1 Å². The van der Waals surface area contributed by atoms with Gasteiger partial charge in [0.25, 0.3) is 0 Å². The summed E-state index contributed by atoms with van der Waals surface area (Å²) in [5.41, 5.74) is 0.515. The molecule has 4 rings (SSSR count). The van der Waals surface area contributed by atoms with E-state index in [9.17, 15) is 14.4 Å². The minimum Gasteiger partial charge on any atom is -0.481 e. The predicted molar refractivity (Wildman–Crippen MR) is 102 cm³/mol. The molecule has 0 aliphatic heterocycles. The van der Waals surface area contributed by atoms with Crippen LogP contribution in [0.2, 0.25) is 0 Å². The molecule has 0 atom stereocenters. The third-order valence-electron chi connectivity index (χ3n) is 4.39. The molecule has 0 unspecified atom stereocenters. The molecule has 0 fully saturated rings. The number of benzene rings is 2. The summed E-state index contributed by atoms with van der Waals surface area (Å²) < 4.78 is 15.9. The van der Waals surface area contributed by atoms with E-state index in [-0.39, 0.29) is 16.9 Å². The van der Waals surface area contributed by atoms with Crippen molar-refractivity contribution in [3.8, 4) is 16.9 Å². The number of para-hydroxylation sites is 1. The molecule has 4 aromatic rings. The van der Waals surface area contributed by atoms with E-state index in [2.05, 4.69) is 0 Å². The predicted octanol–water partition coefficient (Wildman–Crippen LogP) is 3.34. The van der Waals surface area contributed by atoms with Gasteiger partial charge in [0, 0.05) is 28.0 Å². The quantitative estimate of drug-likeness (QED) is 0.543. The van der Waals surface area contributed by atoms with Crippen LogP contribution in [0.3, 0.4) is 0 Å². The third-order valence-corrected chi connectivity index (χ3v) is 4.39. The largest absolute Gasteiger partial charge is 0.481 e. The molecule has 7 heteroatoms. The monoisotopic (exact) mass is 378 g/mol. The Balaban J connectivity index is 1.97. The summed E-state index contributed by atoms with van der Waals surface area (Å²) in [6.45, 7) is 1.12. The first kappa shape index (κ1) is 17.5. The van der Waals surface area contributed by atoms with Gasteiger partial charge in [0.2, 0.25) is 0 Å². The Hall–Kier alpha value is -3.87. The van der Waals surface area contributed by atoms with Crippen molar-refractivity contribution >= 4 is 27.9 Å². The zero-order valence-electron chi connectivity index (χ0n) is 14.7. The molecule has 1 N–H and O–H groups in total. The maximum atomic E-state index is 12.5. The van der Waals surface area contributed by atoms with Crippen LogP contribution in [0.4, 0.5) is 0 Å². The lowest BCUT2D eigenvalue weighted by Crippen LogP contribution is -2.10. The second-order valence-corrected chi connectivity index (χ2v) is 6.21. The second-order valence-electron chi connectivity index (χ2n) is 6.21. The van der Waals surface area contributed by atoms with E-state index in [0.717, 1.165) is 5.39 Å². The van der Waals surface area contributed by atoms with Crippen molar-refractivity contribution in [1.82, 2.24) is 0 Å². The minimum atomic E-state index is -1.12. The molecule has 7 nitrogen and oxygen atoms in total. The van der Waals surface area contributed by atoms with Gasteiger partial charge in [-0.05, 0) is 31.2 Å². The Morgan fingerprint density at radius 2 is 1.82 bits per heavy atom. The molecule has 0 bridgehead atoms. The second kappa shape index (κ2) is 6.70. The number of fused-ring (bicyclic) bond motifs is 2. The third kappa shape index (κ3) is 3.03. The molecule has 0 saturated carbocycles. The molecular formula is C21H14O7. The van der Waals surface area contributed by atoms with Gasteiger partial charge in [-0.15, -0.1) is 0 Å². The summed E-state index contributed by atoms with van der Waals surface area (Å²) in [6, 6.07) is 13.2. The highest BCUT2D eigenvalue weighted by atomic mass is 16.5. The molecule has 0 aliphatic rings. The molecule has 140 valence electrons. The first-order valence-electron chi connectivity index (χ1n) is 8.39. The molecule has 0 amide bonds. The van der Waals surface area contributed by atoms with Crippen LogP contribution in [0.1, 0.15) is 5.56 Å². The normalized spacial score (nSPS) is 11.0. The number of aliphatic carboxylic acids is 1. The molecule has 0 spiro atoms. The van der Waals surface area contributed by atoms with Crippen LogP contribution in [-0.4, -0.2) is 17.7 Å². The number of aryl methyl sites for hydroxylation is 1. The van der Waals surface area contributed by atoms with Crippen LogP contribution >= 0.6 is 0 Å². The molecule has 2 aromatic carbocycles. The minimum absolute atomic E-state index is 0.220. The van der Waals surface area contributed by atoms with Gasteiger partial charge in [0.15, 0.2) is 6.61 Å². The van der Waals surface area contributed by atoms with Gasteiger partial charge in [0.05, 0.1) is 5.56 Å². The SMILES string of the molecule is Cc1c(OCC(=O)O)ccc2c(-c3cc4ccccc4oc3=O)cc(=O)oc12. The first-order valence-corrected chi connectivity index (χ1v) is 8.39. The molecule has 0 saturated heterocycles. The number of hydrogen-bond acceptors (Lipinski definition) is 6. The Morgan fingerprint density at radius 1 is 1.04 bits per heavy atom. The van der Waals surface area contributed by atoms with E-state index >= 15 is 0 Å². The topological polar surface area (TPSA) is 107 Å². The highest BCUT2D eigenvalue weighted by Gasteiger charge is 2.17. The fourth-order valence-electron chi connectivity index (χ4n) is 3.11. The van der Waals surface area contributed by atoms with Crippen LogP contribution < -0.4 is 16.0 Å². The number of carbonyl (C=O) groups is 1. The summed E-state index contributed by atoms with van der Waals surface area (Å²) in [5.74, 6) is -0.843. The average molecular weight is 378 g/mol. The highest BCUT2D eigenvalue weighted by Crippen LogP contribution is 2.32. The fraction of sp³-hybridized carbons (Fsp3) is 0.0952. The Bertz CT molecular complexity index is 1340. The van der Waals surface area contributed by atoms with E-state index in [0.29, 0.717) is 22.1 Å². The van der Waals surface area contributed by atoms with E-state index in [4.69, 9.17) is 18.7 Å². The Kier molecular flexibility index (Phi) is 4.19. The summed E-state index contributed by atoms with van der Waals surface area (Å²) in [5, 5.41) is 10.0. The highest BCUT2D eigenvalue weighted by molar-refractivity contribution is 5.97. The summed E-state index contributed by atoms with van der Waals surface area (Å²) in [7, 11) is 0. The van der Waals surface area contributed by atoms with Crippen molar-refractivity contribution in [2.75, 3.05) is 6.61 Å². The smallest absolute Gasteiger partial charge is 0.344 e. The fourth-order valence-corrected chi connectivity index (χ4v) is 3.11. The van der Waals surface area contributed by atoms with E-state index < -0.39 is 23.8 Å². The summed E-state index contributed by atoms with van der Waals surface area (Å²) in [6.07, 6.45) is 0. The molecular weight excluding hydrogens is 364 g/mol. The standard InChI is InChI=1S/C21H14O7/c1-11-16(26-10-18(22)23)7-6-13-14(9-19(24)28-20(11)13)15-8-12-4-2-3-5-17(12)27-21(15)25/h2-9H,10H2,1H3,(H,22,23). The Labute approximate surface area is 157 Å². The number of carboxylic acid groups (broad SMARTS) is 1. The van der Waals surface area contributed by atoms with Gasteiger partial charge in [-0.2, -0.15) is 0 Å². The van der Waals surface area contributed by atoms with Gasteiger partial charge in [-0.3, -0.25) is 0 Å². The van der Waals surface area contributed by atoms with Gasteiger partial charge < -0.3 is 18.7 Å². The van der Waals surface area contributed by atoms with Crippen LogP contribution in [-0.2, 0) is 4.79 Å². The first-order chi connectivity index (χ1) is 13.4. The van der Waals surface area contributed by atoms with Gasteiger partial charge >= 0.3 is 17.2 Å². The van der Waals surface area contributed by atoms with Crippen molar-refractivity contribution in [2.45, 2.75) is 6.92 Å². The van der Waals surface area contributed by atoms with Crippen molar-refractivity contribution in [3.63, 3.8) is 0 Å². The van der Waals surface area contributed by atoms with Crippen LogP contribution in [0.15, 0.2) is 67.0 Å². The molecule has 2 heterocycles. The number of hydrogen-bond donors (Lipinski definition) is 1. The maximum absolute atomic E-state index is 12.5. The van der Waals surface area contributed by atoms with E-state index in [1.54, 1.807) is 43.3 Å². The molecule has 0 radical (unpaired) electrons. The molecule has 2 aromatic heterocycles. The lowest BCUT2D eigenvalue weighted by molar-refractivity contribution is -0.139. The van der Waals surface area contributed by atoms with E-state index in [1.807, 2.05) is 6.07 Å². The Morgan fingerprint density at radius 3 is 2.61 bits per heavy atom. The lowest BCUT2D eigenvalue weighted by atomic mass is 10.0. The van der Waals surface area contributed by atoms with Crippen molar-refractivity contribution in [1.29, 1.82) is 0 Å². The molecule has 28 heavy (non-hydrogen) atoms.